The first-order valence-corrected chi connectivity index (χ1v) is 6.82. The number of aromatic nitrogens is 1. The summed E-state index contributed by atoms with van der Waals surface area (Å²) in [6, 6.07) is 12.5. The highest BCUT2D eigenvalue weighted by molar-refractivity contribution is 5.95. The molecule has 5 heteroatoms. The molecule has 1 amide bonds. The molecule has 2 rings (SSSR count). The Kier molecular flexibility index (Phi) is 5.72. The first kappa shape index (κ1) is 15.0. The monoisotopic (exact) mass is 286 g/mol. The quantitative estimate of drug-likeness (QED) is 0.761. The Balaban J connectivity index is 1.72. The molecule has 110 valence electrons. The predicted molar refractivity (Wildman–Crippen MR) is 79.0 cm³/mol. The fourth-order valence-electron chi connectivity index (χ4n) is 1.86. The number of pyridine rings is 1. The lowest BCUT2D eigenvalue weighted by Crippen LogP contribution is -2.26. The number of aliphatic hydroxyl groups excluding tert-OH is 1. The summed E-state index contributed by atoms with van der Waals surface area (Å²) in [5.74, 6) is 0.395. The number of amides is 1. The summed E-state index contributed by atoms with van der Waals surface area (Å²) < 4.78 is 5.44. The molecule has 5 nitrogen and oxygen atoms in total. The standard InChI is InChI=1S/C16H18N2O3/c19-12-13-6-1-2-7-14(13)16(20)18-10-5-11-21-15-8-3-4-9-17-15/h1-4,6-9,19H,5,10-12H2,(H,18,20). The summed E-state index contributed by atoms with van der Waals surface area (Å²) in [4.78, 5) is 16.0. The second kappa shape index (κ2) is 8.01. The minimum atomic E-state index is -0.183. The highest BCUT2D eigenvalue weighted by Gasteiger charge is 2.09. The van der Waals surface area contributed by atoms with Crippen LogP contribution in [0.5, 0.6) is 5.88 Å². The third-order valence-corrected chi connectivity index (χ3v) is 2.93. The zero-order chi connectivity index (χ0) is 14.9. The van der Waals surface area contributed by atoms with Crippen LogP contribution in [0.3, 0.4) is 0 Å². The average Bonchev–Trinajstić information content (AvgIpc) is 2.55. The number of rotatable bonds is 7. The van der Waals surface area contributed by atoms with Crippen molar-refractivity contribution in [2.45, 2.75) is 13.0 Å². The average molecular weight is 286 g/mol. The lowest BCUT2D eigenvalue weighted by atomic mass is 10.1. The number of nitrogens with one attached hydrogen (secondary N) is 1. The minimum Gasteiger partial charge on any atom is -0.478 e. The van der Waals surface area contributed by atoms with E-state index in [2.05, 4.69) is 10.3 Å². The Morgan fingerprint density at radius 2 is 2.00 bits per heavy atom. The topological polar surface area (TPSA) is 71.5 Å². The van der Waals surface area contributed by atoms with Gasteiger partial charge < -0.3 is 15.2 Å². The van der Waals surface area contributed by atoms with Gasteiger partial charge in [-0.2, -0.15) is 0 Å². The summed E-state index contributed by atoms with van der Waals surface area (Å²) in [7, 11) is 0. The molecule has 0 atom stereocenters. The Hall–Kier alpha value is -2.40. The highest BCUT2D eigenvalue weighted by Crippen LogP contribution is 2.08. The largest absolute Gasteiger partial charge is 0.478 e. The van der Waals surface area contributed by atoms with Gasteiger partial charge in [0.05, 0.1) is 13.2 Å². The van der Waals surface area contributed by atoms with Gasteiger partial charge in [-0.15, -0.1) is 0 Å². The number of hydrogen-bond acceptors (Lipinski definition) is 4. The second-order valence-electron chi connectivity index (χ2n) is 4.44. The van der Waals surface area contributed by atoms with Gasteiger partial charge in [0.1, 0.15) is 0 Å². The Bertz CT molecular complexity index is 573. The van der Waals surface area contributed by atoms with Gasteiger partial charge in [0.15, 0.2) is 0 Å². The molecule has 0 unspecified atom stereocenters. The molecule has 1 aromatic carbocycles. The molecule has 0 fully saturated rings. The van der Waals surface area contributed by atoms with Gasteiger partial charge in [-0.1, -0.05) is 24.3 Å². The fraction of sp³-hybridized carbons (Fsp3) is 0.250. The fourth-order valence-corrected chi connectivity index (χ4v) is 1.86. The maximum atomic E-state index is 12.0. The van der Waals surface area contributed by atoms with E-state index in [1.807, 2.05) is 12.1 Å². The van der Waals surface area contributed by atoms with Crippen LogP contribution in [-0.2, 0) is 6.61 Å². The first-order chi connectivity index (χ1) is 10.3. The van der Waals surface area contributed by atoms with Crippen molar-refractivity contribution in [2.24, 2.45) is 0 Å². The Morgan fingerprint density at radius 3 is 2.76 bits per heavy atom. The number of carbonyl (C=O) groups excluding carboxylic acids is 1. The van der Waals surface area contributed by atoms with E-state index in [1.165, 1.54) is 0 Å². The van der Waals surface area contributed by atoms with E-state index in [0.717, 1.165) is 0 Å². The molecule has 0 saturated carbocycles. The number of carbonyl (C=O) groups is 1. The number of benzene rings is 1. The summed E-state index contributed by atoms with van der Waals surface area (Å²) in [5.41, 5.74) is 1.13. The van der Waals surface area contributed by atoms with E-state index < -0.39 is 0 Å². The third kappa shape index (κ3) is 4.57. The molecule has 21 heavy (non-hydrogen) atoms. The van der Waals surface area contributed by atoms with Crippen LogP contribution in [0.15, 0.2) is 48.7 Å². The minimum absolute atomic E-state index is 0.146. The molecule has 0 aliphatic carbocycles. The SMILES string of the molecule is O=C(NCCCOc1ccccn1)c1ccccc1CO. The van der Waals surface area contributed by atoms with Crippen LogP contribution >= 0.6 is 0 Å². The molecule has 1 heterocycles. The zero-order valence-electron chi connectivity index (χ0n) is 11.7. The molecule has 0 aliphatic rings. The van der Waals surface area contributed by atoms with Crippen molar-refractivity contribution < 1.29 is 14.6 Å². The van der Waals surface area contributed by atoms with E-state index in [-0.39, 0.29) is 12.5 Å². The predicted octanol–water partition coefficient (Wildman–Crippen LogP) is 1.77. The lowest BCUT2D eigenvalue weighted by Gasteiger charge is -2.09. The smallest absolute Gasteiger partial charge is 0.251 e. The molecular formula is C16H18N2O3. The van der Waals surface area contributed by atoms with Crippen molar-refractivity contribution >= 4 is 5.91 Å². The number of hydrogen-bond donors (Lipinski definition) is 2. The number of nitrogens with zero attached hydrogens (tertiary/aromatic N) is 1. The summed E-state index contributed by atoms with van der Waals surface area (Å²) in [5, 5.41) is 12.0. The van der Waals surface area contributed by atoms with Crippen LogP contribution in [0, 0.1) is 0 Å². The number of aliphatic hydroxyl groups is 1. The third-order valence-electron chi connectivity index (χ3n) is 2.93. The Morgan fingerprint density at radius 1 is 1.19 bits per heavy atom. The van der Waals surface area contributed by atoms with Gasteiger partial charge in [-0.25, -0.2) is 4.98 Å². The van der Waals surface area contributed by atoms with Crippen LogP contribution in [0.25, 0.3) is 0 Å². The van der Waals surface area contributed by atoms with Crippen LogP contribution < -0.4 is 10.1 Å². The molecule has 2 aromatic rings. The lowest BCUT2D eigenvalue weighted by molar-refractivity contribution is 0.0948. The summed E-state index contributed by atoms with van der Waals surface area (Å²) in [6.07, 6.45) is 2.35. The van der Waals surface area contributed by atoms with E-state index in [1.54, 1.807) is 36.5 Å². The molecule has 0 radical (unpaired) electrons. The maximum absolute atomic E-state index is 12.0. The zero-order valence-corrected chi connectivity index (χ0v) is 11.7. The molecular weight excluding hydrogens is 268 g/mol. The van der Waals surface area contributed by atoms with Gasteiger partial charge in [-0.3, -0.25) is 4.79 Å². The van der Waals surface area contributed by atoms with Gasteiger partial charge in [0, 0.05) is 24.4 Å². The molecule has 0 saturated heterocycles. The molecule has 0 aliphatic heterocycles. The van der Waals surface area contributed by atoms with Crippen LogP contribution in [-0.4, -0.2) is 29.1 Å². The van der Waals surface area contributed by atoms with Gasteiger partial charge in [0.2, 0.25) is 5.88 Å². The molecule has 0 bridgehead atoms. The van der Waals surface area contributed by atoms with Crippen LogP contribution in [0.2, 0.25) is 0 Å². The van der Waals surface area contributed by atoms with Crippen molar-refractivity contribution in [2.75, 3.05) is 13.2 Å². The van der Waals surface area contributed by atoms with E-state index >= 15 is 0 Å². The van der Waals surface area contributed by atoms with Crippen molar-refractivity contribution in [3.8, 4) is 5.88 Å². The van der Waals surface area contributed by atoms with E-state index in [9.17, 15) is 9.90 Å². The van der Waals surface area contributed by atoms with Crippen LogP contribution in [0.4, 0.5) is 0 Å². The summed E-state index contributed by atoms with van der Waals surface area (Å²) >= 11 is 0. The van der Waals surface area contributed by atoms with Crippen molar-refractivity contribution in [3.05, 3.63) is 59.8 Å². The maximum Gasteiger partial charge on any atom is 0.251 e. The Labute approximate surface area is 123 Å². The highest BCUT2D eigenvalue weighted by atomic mass is 16.5. The van der Waals surface area contributed by atoms with Gasteiger partial charge in [0.25, 0.3) is 5.91 Å². The van der Waals surface area contributed by atoms with Crippen molar-refractivity contribution in [1.29, 1.82) is 0 Å². The number of ether oxygens (including phenoxy) is 1. The van der Waals surface area contributed by atoms with Gasteiger partial charge >= 0.3 is 0 Å². The van der Waals surface area contributed by atoms with Gasteiger partial charge in [-0.05, 0) is 24.1 Å². The van der Waals surface area contributed by atoms with E-state index in [4.69, 9.17) is 4.74 Å². The summed E-state index contributed by atoms with van der Waals surface area (Å²) in [6.45, 7) is 0.844. The van der Waals surface area contributed by atoms with Crippen LogP contribution in [0.1, 0.15) is 22.3 Å². The molecule has 2 N–H and O–H groups in total. The van der Waals surface area contributed by atoms with Crippen molar-refractivity contribution in [1.82, 2.24) is 10.3 Å². The van der Waals surface area contributed by atoms with Crippen molar-refractivity contribution in [3.63, 3.8) is 0 Å². The normalized spacial score (nSPS) is 10.1. The van der Waals surface area contributed by atoms with E-state index in [0.29, 0.717) is 36.6 Å². The first-order valence-electron chi connectivity index (χ1n) is 6.82. The molecule has 1 aromatic heterocycles. The molecule has 0 spiro atoms. The second-order valence-corrected chi connectivity index (χ2v) is 4.44.